The van der Waals surface area contributed by atoms with Gasteiger partial charge in [0.05, 0.1) is 43.1 Å². The minimum atomic E-state index is -0.952. The van der Waals surface area contributed by atoms with E-state index in [-0.39, 0.29) is 25.6 Å². The number of hydrogen-bond donors (Lipinski definition) is 3. The number of nitrogens with zero attached hydrogens (tertiary/aromatic N) is 4. The van der Waals surface area contributed by atoms with Crippen molar-refractivity contribution in [2.45, 2.75) is 24.9 Å². The number of halogens is 1. The van der Waals surface area contributed by atoms with Gasteiger partial charge < -0.3 is 15.9 Å². The summed E-state index contributed by atoms with van der Waals surface area (Å²) in [6, 6.07) is 17.4. The number of rotatable bonds is 8. The maximum absolute atomic E-state index is 9.27. The van der Waals surface area contributed by atoms with Crippen LogP contribution in [0.25, 0.3) is 11.3 Å². The van der Waals surface area contributed by atoms with E-state index < -0.39 is 5.54 Å². The Hall–Kier alpha value is -2.76. The molecule has 29 heavy (non-hydrogen) atoms. The Morgan fingerprint density at radius 2 is 1.62 bits per heavy atom. The van der Waals surface area contributed by atoms with E-state index in [9.17, 15) is 10.2 Å². The topological polar surface area (TPSA) is 121 Å². The lowest BCUT2D eigenvalue weighted by atomic mass is 9.93. The minimum absolute atomic E-state index is 0. The molecule has 0 aliphatic carbocycles. The van der Waals surface area contributed by atoms with E-state index in [0.717, 1.165) is 22.4 Å². The average molecular weight is 414 g/mol. The molecule has 0 aliphatic heterocycles. The smallest absolute Gasteiger partial charge is 0.113 e. The molecule has 4 N–H and O–H groups in total. The Morgan fingerprint density at radius 1 is 1.00 bits per heavy atom. The number of aliphatic hydroxyl groups excluding tert-OH is 2. The lowest BCUT2D eigenvalue weighted by molar-refractivity contribution is 0.115. The van der Waals surface area contributed by atoms with E-state index >= 15 is 0 Å². The monoisotopic (exact) mass is 413 g/mol. The van der Waals surface area contributed by atoms with Crippen LogP contribution in [0.1, 0.15) is 23.1 Å². The number of aryl methyl sites for hydroxylation is 1. The second-order valence-electron chi connectivity index (χ2n) is 6.99. The van der Waals surface area contributed by atoms with Gasteiger partial charge in [-0.1, -0.05) is 41.6 Å². The van der Waals surface area contributed by atoms with Crippen molar-refractivity contribution >= 4 is 12.4 Å². The van der Waals surface area contributed by atoms with Gasteiger partial charge in [0, 0.05) is 5.56 Å². The van der Waals surface area contributed by atoms with Gasteiger partial charge in [0.2, 0.25) is 0 Å². The third-order valence-corrected chi connectivity index (χ3v) is 4.76. The predicted molar refractivity (Wildman–Crippen MR) is 112 cm³/mol. The summed E-state index contributed by atoms with van der Waals surface area (Å²) in [5.74, 6) is 0. The molecule has 0 saturated heterocycles. The molecule has 0 atom stereocenters. The SMILES string of the molecule is Cl.N#Cc1ccc(Cn2cc(-c3ccc(CCC(N)(CO)CO)cc3)nn2)cc1. The highest BCUT2D eigenvalue weighted by Crippen LogP contribution is 2.19. The number of hydrogen-bond acceptors (Lipinski definition) is 6. The highest BCUT2D eigenvalue weighted by molar-refractivity contribution is 5.85. The summed E-state index contributed by atoms with van der Waals surface area (Å²) < 4.78 is 1.76. The normalized spacial score (nSPS) is 11.0. The molecule has 1 heterocycles. The molecule has 1 aromatic heterocycles. The van der Waals surface area contributed by atoms with Gasteiger partial charge in [-0.2, -0.15) is 5.26 Å². The Labute approximate surface area is 175 Å². The van der Waals surface area contributed by atoms with Crippen molar-refractivity contribution < 1.29 is 10.2 Å². The molecule has 0 spiro atoms. The molecule has 0 saturated carbocycles. The van der Waals surface area contributed by atoms with Crippen LogP contribution in [0.3, 0.4) is 0 Å². The molecule has 0 fully saturated rings. The second kappa shape index (κ2) is 10.1. The predicted octanol–water partition coefficient (Wildman–Crippen LogP) is 1.90. The van der Waals surface area contributed by atoms with Crippen LogP contribution in [0.4, 0.5) is 0 Å². The van der Waals surface area contributed by atoms with Crippen LogP contribution >= 0.6 is 12.4 Å². The summed E-state index contributed by atoms with van der Waals surface area (Å²) in [5.41, 5.74) is 9.44. The first-order chi connectivity index (χ1) is 13.5. The van der Waals surface area contributed by atoms with Gasteiger partial charge in [-0.15, -0.1) is 17.5 Å². The first-order valence-electron chi connectivity index (χ1n) is 9.04. The second-order valence-corrected chi connectivity index (χ2v) is 6.99. The van der Waals surface area contributed by atoms with Gasteiger partial charge >= 0.3 is 0 Å². The standard InChI is InChI=1S/C21H23N5O2.ClH/c22-11-17-1-3-18(4-2-17)12-26-13-20(24-25-26)19-7-5-16(6-8-19)9-10-21(23,14-27)15-28;/h1-8,13,27-28H,9-10,12,14-15,23H2;1H. The van der Waals surface area contributed by atoms with Crippen LogP contribution in [-0.4, -0.2) is 44.0 Å². The molecular weight excluding hydrogens is 390 g/mol. The van der Waals surface area contributed by atoms with Crippen molar-refractivity contribution in [1.82, 2.24) is 15.0 Å². The molecule has 0 aliphatic rings. The Morgan fingerprint density at radius 3 is 2.21 bits per heavy atom. The molecule has 152 valence electrons. The molecule has 2 aromatic carbocycles. The summed E-state index contributed by atoms with van der Waals surface area (Å²) in [7, 11) is 0. The van der Waals surface area contributed by atoms with E-state index in [0.29, 0.717) is 24.9 Å². The molecular formula is C21H24ClN5O2. The lowest BCUT2D eigenvalue weighted by Crippen LogP contribution is -2.47. The van der Waals surface area contributed by atoms with E-state index in [2.05, 4.69) is 16.4 Å². The largest absolute Gasteiger partial charge is 0.394 e. The molecule has 3 rings (SSSR count). The average Bonchev–Trinajstić information content (AvgIpc) is 3.21. The zero-order valence-corrected chi connectivity index (χ0v) is 16.7. The molecule has 7 nitrogen and oxygen atoms in total. The summed E-state index contributed by atoms with van der Waals surface area (Å²) >= 11 is 0. The van der Waals surface area contributed by atoms with E-state index in [1.807, 2.05) is 42.6 Å². The lowest BCUT2D eigenvalue weighted by Gasteiger charge is -2.24. The van der Waals surface area contributed by atoms with Gasteiger partial charge in [-0.3, -0.25) is 0 Å². The van der Waals surface area contributed by atoms with Gasteiger partial charge in [0.1, 0.15) is 5.69 Å². The van der Waals surface area contributed by atoms with Crippen molar-refractivity contribution in [2.75, 3.05) is 13.2 Å². The number of nitrogens with two attached hydrogens (primary N) is 1. The number of benzene rings is 2. The number of aliphatic hydroxyl groups is 2. The van der Waals surface area contributed by atoms with Gasteiger partial charge in [0.25, 0.3) is 0 Å². The zero-order valence-electron chi connectivity index (χ0n) is 15.9. The summed E-state index contributed by atoms with van der Waals surface area (Å²) in [6.45, 7) is 0.0888. The quantitative estimate of drug-likeness (QED) is 0.518. The summed E-state index contributed by atoms with van der Waals surface area (Å²) in [5, 5.41) is 35.8. The Bertz CT molecular complexity index is 944. The summed E-state index contributed by atoms with van der Waals surface area (Å²) in [6.07, 6.45) is 3.05. The molecule has 0 radical (unpaired) electrons. The molecule has 8 heteroatoms. The van der Waals surface area contributed by atoms with Crippen LogP contribution in [-0.2, 0) is 13.0 Å². The fourth-order valence-electron chi connectivity index (χ4n) is 2.82. The number of aromatic nitrogens is 3. The Balaban J connectivity index is 0.00000300. The first-order valence-corrected chi connectivity index (χ1v) is 9.04. The van der Waals surface area contributed by atoms with Gasteiger partial charge in [0.15, 0.2) is 0 Å². The van der Waals surface area contributed by atoms with Gasteiger partial charge in [-0.05, 0) is 36.1 Å². The van der Waals surface area contributed by atoms with Crippen LogP contribution in [0.2, 0.25) is 0 Å². The first kappa shape index (κ1) is 22.5. The maximum atomic E-state index is 9.27. The molecule has 0 unspecified atom stereocenters. The van der Waals surface area contributed by atoms with E-state index in [1.165, 1.54) is 0 Å². The van der Waals surface area contributed by atoms with Crippen molar-refractivity contribution in [2.24, 2.45) is 5.73 Å². The van der Waals surface area contributed by atoms with E-state index in [4.69, 9.17) is 11.0 Å². The highest BCUT2D eigenvalue weighted by atomic mass is 35.5. The molecule has 0 bridgehead atoms. The fourth-order valence-corrected chi connectivity index (χ4v) is 2.82. The van der Waals surface area contributed by atoms with Crippen LogP contribution in [0.15, 0.2) is 54.7 Å². The van der Waals surface area contributed by atoms with Crippen LogP contribution in [0, 0.1) is 11.3 Å². The van der Waals surface area contributed by atoms with Crippen LogP contribution < -0.4 is 5.73 Å². The fraction of sp³-hybridized carbons (Fsp3) is 0.286. The maximum Gasteiger partial charge on any atom is 0.113 e. The summed E-state index contributed by atoms with van der Waals surface area (Å²) in [4.78, 5) is 0. The molecule has 0 amide bonds. The molecule has 3 aromatic rings. The third kappa shape index (κ3) is 5.86. The zero-order chi connectivity index (χ0) is 20.0. The van der Waals surface area contributed by atoms with E-state index in [1.54, 1.807) is 16.8 Å². The van der Waals surface area contributed by atoms with Crippen molar-refractivity contribution in [3.63, 3.8) is 0 Å². The minimum Gasteiger partial charge on any atom is -0.394 e. The van der Waals surface area contributed by atoms with Crippen LogP contribution in [0.5, 0.6) is 0 Å². The van der Waals surface area contributed by atoms with Crippen molar-refractivity contribution in [3.8, 4) is 17.3 Å². The third-order valence-electron chi connectivity index (χ3n) is 4.76. The van der Waals surface area contributed by atoms with Gasteiger partial charge in [-0.25, -0.2) is 4.68 Å². The van der Waals surface area contributed by atoms with Crippen molar-refractivity contribution in [1.29, 1.82) is 5.26 Å². The van der Waals surface area contributed by atoms with Crippen molar-refractivity contribution in [3.05, 3.63) is 71.4 Å². The number of nitriles is 1. The Kier molecular flexibility index (Phi) is 7.88. The highest BCUT2D eigenvalue weighted by Gasteiger charge is 2.22.